The molecular formula is C15H26O. The predicted octanol–water partition coefficient (Wildman–Crippen LogP) is 4.52. The molecular weight excluding hydrogens is 196 g/mol. The van der Waals surface area contributed by atoms with Crippen molar-refractivity contribution in [2.45, 2.75) is 65.2 Å². The van der Waals surface area contributed by atoms with Crippen molar-refractivity contribution >= 4 is 5.78 Å². The van der Waals surface area contributed by atoms with E-state index in [1.807, 2.05) is 6.08 Å². The molecule has 0 amide bonds. The Kier molecular flexibility index (Phi) is 5.24. The van der Waals surface area contributed by atoms with Crippen molar-refractivity contribution in [1.82, 2.24) is 0 Å². The standard InChI is InChI=1S/C15H26O/c1-4-11-15(3,12-5-2)14(16)13-9-7-6-8-10-13/h4,13H,1,5-12H2,2-3H3. The second kappa shape index (κ2) is 6.22. The first-order valence-corrected chi connectivity index (χ1v) is 6.79. The molecule has 0 aromatic heterocycles. The van der Waals surface area contributed by atoms with Crippen LogP contribution in [0.5, 0.6) is 0 Å². The van der Waals surface area contributed by atoms with E-state index in [-0.39, 0.29) is 5.41 Å². The van der Waals surface area contributed by atoms with Crippen LogP contribution in [0.2, 0.25) is 0 Å². The predicted molar refractivity (Wildman–Crippen MR) is 69.4 cm³/mol. The van der Waals surface area contributed by atoms with Gasteiger partial charge >= 0.3 is 0 Å². The summed E-state index contributed by atoms with van der Waals surface area (Å²) in [6.07, 6.45) is 10.9. The third-order valence-corrected chi connectivity index (χ3v) is 3.97. The highest BCUT2D eigenvalue weighted by atomic mass is 16.1. The zero-order valence-electron chi connectivity index (χ0n) is 10.9. The van der Waals surface area contributed by atoms with Crippen LogP contribution in [0, 0.1) is 11.3 Å². The van der Waals surface area contributed by atoms with Gasteiger partial charge in [0.1, 0.15) is 5.78 Å². The number of Topliss-reactive ketones (excluding diaryl/α,β-unsaturated/α-hetero) is 1. The largest absolute Gasteiger partial charge is 0.299 e. The number of hydrogen-bond acceptors (Lipinski definition) is 1. The van der Waals surface area contributed by atoms with E-state index in [9.17, 15) is 4.79 Å². The molecule has 1 rings (SSSR count). The summed E-state index contributed by atoms with van der Waals surface area (Å²) in [5.74, 6) is 0.846. The van der Waals surface area contributed by atoms with Crippen molar-refractivity contribution in [1.29, 1.82) is 0 Å². The van der Waals surface area contributed by atoms with Gasteiger partial charge in [-0.3, -0.25) is 4.79 Å². The molecule has 1 fully saturated rings. The molecule has 0 spiro atoms. The van der Waals surface area contributed by atoms with E-state index in [1.165, 1.54) is 19.3 Å². The quantitative estimate of drug-likeness (QED) is 0.604. The Bertz CT molecular complexity index is 238. The van der Waals surface area contributed by atoms with Gasteiger partial charge in [0.25, 0.3) is 0 Å². The zero-order valence-corrected chi connectivity index (χ0v) is 10.9. The third-order valence-electron chi connectivity index (χ3n) is 3.97. The summed E-state index contributed by atoms with van der Waals surface area (Å²) in [6, 6.07) is 0. The van der Waals surface area contributed by atoms with Crippen molar-refractivity contribution in [3.05, 3.63) is 12.7 Å². The number of carbonyl (C=O) groups excluding carboxylic acids is 1. The zero-order chi connectivity index (χ0) is 12.0. The highest BCUT2D eigenvalue weighted by molar-refractivity contribution is 5.86. The molecule has 92 valence electrons. The second-order valence-electron chi connectivity index (χ2n) is 5.50. The fourth-order valence-electron chi connectivity index (χ4n) is 3.05. The smallest absolute Gasteiger partial charge is 0.142 e. The molecule has 0 aliphatic heterocycles. The molecule has 0 heterocycles. The second-order valence-corrected chi connectivity index (χ2v) is 5.50. The molecule has 1 atom stereocenters. The van der Waals surface area contributed by atoms with Gasteiger partial charge in [0.2, 0.25) is 0 Å². The van der Waals surface area contributed by atoms with Crippen molar-refractivity contribution in [2.24, 2.45) is 11.3 Å². The number of ketones is 1. The van der Waals surface area contributed by atoms with E-state index in [4.69, 9.17) is 0 Å². The Hall–Kier alpha value is -0.590. The molecule has 1 saturated carbocycles. The molecule has 0 aromatic rings. The summed E-state index contributed by atoms with van der Waals surface area (Å²) in [5.41, 5.74) is -0.140. The van der Waals surface area contributed by atoms with Gasteiger partial charge in [0, 0.05) is 11.3 Å². The lowest BCUT2D eigenvalue weighted by Crippen LogP contribution is -2.34. The van der Waals surface area contributed by atoms with Crippen molar-refractivity contribution in [2.75, 3.05) is 0 Å². The lowest BCUT2D eigenvalue weighted by molar-refractivity contribution is -0.133. The van der Waals surface area contributed by atoms with Crippen molar-refractivity contribution in [3.63, 3.8) is 0 Å². The molecule has 0 aromatic carbocycles. The van der Waals surface area contributed by atoms with Crippen LogP contribution in [0.15, 0.2) is 12.7 Å². The summed E-state index contributed by atoms with van der Waals surface area (Å²) in [7, 11) is 0. The Morgan fingerprint density at radius 3 is 2.50 bits per heavy atom. The first-order chi connectivity index (χ1) is 7.64. The van der Waals surface area contributed by atoms with Gasteiger partial charge in [-0.25, -0.2) is 0 Å². The topological polar surface area (TPSA) is 17.1 Å². The number of carbonyl (C=O) groups is 1. The van der Waals surface area contributed by atoms with E-state index in [0.29, 0.717) is 11.7 Å². The highest BCUT2D eigenvalue weighted by Gasteiger charge is 2.36. The van der Waals surface area contributed by atoms with E-state index in [1.54, 1.807) is 0 Å². The minimum Gasteiger partial charge on any atom is -0.299 e. The third kappa shape index (κ3) is 3.20. The monoisotopic (exact) mass is 222 g/mol. The lowest BCUT2D eigenvalue weighted by atomic mass is 9.70. The summed E-state index contributed by atoms with van der Waals surface area (Å²) in [6.45, 7) is 8.10. The molecule has 0 bridgehead atoms. The lowest BCUT2D eigenvalue weighted by Gasteiger charge is -2.32. The fourth-order valence-corrected chi connectivity index (χ4v) is 3.05. The number of rotatable bonds is 6. The van der Waals surface area contributed by atoms with Crippen LogP contribution in [0.3, 0.4) is 0 Å². The van der Waals surface area contributed by atoms with Crippen LogP contribution in [0.4, 0.5) is 0 Å². The fraction of sp³-hybridized carbons (Fsp3) is 0.800. The average molecular weight is 222 g/mol. The molecule has 1 aliphatic carbocycles. The van der Waals surface area contributed by atoms with Gasteiger partial charge < -0.3 is 0 Å². The Morgan fingerprint density at radius 2 is 2.00 bits per heavy atom. The first kappa shape index (κ1) is 13.5. The average Bonchev–Trinajstić information content (AvgIpc) is 2.30. The van der Waals surface area contributed by atoms with Crippen LogP contribution in [0.25, 0.3) is 0 Å². The molecule has 0 saturated heterocycles. The molecule has 1 heteroatoms. The van der Waals surface area contributed by atoms with Gasteiger partial charge in [0.05, 0.1) is 0 Å². The maximum Gasteiger partial charge on any atom is 0.142 e. The van der Waals surface area contributed by atoms with Gasteiger partial charge in [-0.2, -0.15) is 0 Å². The molecule has 1 unspecified atom stereocenters. The molecule has 0 N–H and O–H groups in total. The van der Waals surface area contributed by atoms with Crippen molar-refractivity contribution < 1.29 is 4.79 Å². The van der Waals surface area contributed by atoms with E-state index < -0.39 is 0 Å². The van der Waals surface area contributed by atoms with Crippen LogP contribution in [0.1, 0.15) is 65.2 Å². The van der Waals surface area contributed by atoms with Gasteiger partial charge in [-0.1, -0.05) is 45.6 Å². The summed E-state index contributed by atoms with van der Waals surface area (Å²) < 4.78 is 0. The Morgan fingerprint density at radius 1 is 1.38 bits per heavy atom. The first-order valence-electron chi connectivity index (χ1n) is 6.79. The molecule has 1 aliphatic rings. The molecule has 0 radical (unpaired) electrons. The Balaban J connectivity index is 2.68. The van der Waals surface area contributed by atoms with E-state index >= 15 is 0 Å². The summed E-state index contributed by atoms with van der Waals surface area (Å²) >= 11 is 0. The molecule has 1 nitrogen and oxygen atoms in total. The maximum absolute atomic E-state index is 12.6. The highest BCUT2D eigenvalue weighted by Crippen LogP contribution is 2.37. The Labute approximate surface area is 100 Å². The summed E-state index contributed by atoms with van der Waals surface area (Å²) in [5, 5.41) is 0. The van der Waals surface area contributed by atoms with Crippen molar-refractivity contribution in [3.8, 4) is 0 Å². The van der Waals surface area contributed by atoms with E-state index in [0.717, 1.165) is 32.1 Å². The minimum atomic E-state index is -0.140. The maximum atomic E-state index is 12.6. The number of allylic oxidation sites excluding steroid dienone is 1. The van der Waals surface area contributed by atoms with Crippen LogP contribution in [-0.2, 0) is 4.79 Å². The number of hydrogen-bond donors (Lipinski definition) is 0. The summed E-state index contributed by atoms with van der Waals surface area (Å²) in [4.78, 5) is 12.6. The SMILES string of the molecule is C=CCC(C)(CCC)C(=O)C1CCCCC1. The van der Waals surface area contributed by atoms with Crippen LogP contribution < -0.4 is 0 Å². The van der Waals surface area contributed by atoms with E-state index in [2.05, 4.69) is 20.4 Å². The van der Waals surface area contributed by atoms with Gasteiger partial charge in [-0.05, 0) is 25.7 Å². The van der Waals surface area contributed by atoms with Gasteiger partial charge in [0.15, 0.2) is 0 Å². The minimum absolute atomic E-state index is 0.140. The van der Waals surface area contributed by atoms with Crippen LogP contribution in [-0.4, -0.2) is 5.78 Å². The molecule has 16 heavy (non-hydrogen) atoms. The normalized spacial score (nSPS) is 21.4. The van der Waals surface area contributed by atoms with Gasteiger partial charge in [-0.15, -0.1) is 6.58 Å². The van der Waals surface area contributed by atoms with Crippen LogP contribution >= 0.6 is 0 Å².